The van der Waals surface area contributed by atoms with Crippen molar-refractivity contribution in [1.29, 1.82) is 0 Å². The monoisotopic (exact) mass is 172 g/mol. The molecule has 0 saturated carbocycles. The molecule has 4 heteroatoms. The fraction of sp³-hybridized carbons (Fsp3) is 0.143. The van der Waals surface area contributed by atoms with Crippen LogP contribution in [0.1, 0.15) is 0 Å². The molecule has 0 aliphatic rings. The minimum Gasteiger partial charge on any atom is -0.310 e. The third kappa shape index (κ3) is 4.33. The van der Waals surface area contributed by atoms with Gasteiger partial charge in [0.1, 0.15) is 11.7 Å². The van der Waals surface area contributed by atoms with E-state index in [0.29, 0.717) is 5.82 Å². The fourth-order valence-electron chi connectivity index (χ4n) is 0.422. The first-order valence-electron chi connectivity index (χ1n) is 2.90. The number of amides is 1. The Morgan fingerprint density at radius 2 is 2.36 bits per heavy atom. The zero-order chi connectivity index (χ0) is 8.69. The first kappa shape index (κ1) is 9.91. The fourth-order valence-corrected chi connectivity index (χ4v) is 0.489. The molecule has 0 saturated heterocycles. The van der Waals surface area contributed by atoms with Crippen molar-refractivity contribution in [2.24, 2.45) is 4.99 Å². The lowest BCUT2D eigenvalue weighted by molar-refractivity contribution is -0.118. The number of aliphatic imine (C=N–C) groups is 1. The van der Waals surface area contributed by atoms with Gasteiger partial charge < -0.3 is 5.32 Å². The van der Waals surface area contributed by atoms with Crippen molar-refractivity contribution in [3.8, 4) is 0 Å². The summed E-state index contributed by atoms with van der Waals surface area (Å²) >= 11 is 5.23. The normalized spacial score (nSPS) is 10.5. The molecular weight excluding hydrogens is 164 g/mol. The summed E-state index contributed by atoms with van der Waals surface area (Å²) in [5.41, 5.74) is 0. The number of hydrogen-bond donors (Lipinski definition) is 1. The first-order valence-corrected chi connectivity index (χ1v) is 3.43. The largest absolute Gasteiger partial charge is 0.310 e. The molecule has 0 aromatic heterocycles. The van der Waals surface area contributed by atoms with Crippen LogP contribution >= 0.6 is 11.6 Å². The molecule has 0 fully saturated rings. The molecular formula is C7H9ClN2O. The number of hydrogen-bond acceptors (Lipinski definition) is 2. The van der Waals surface area contributed by atoms with Crippen LogP contribution in [0.15, 0.2) is 29.5 Å². The third-order valence-electron chi connectivity index (χ3n) is 0.835. The lowest BCUT2D eigenvalue weighted by Crippen LogP contribution is -2.22. The molecule has 3 nitrogen and oxygen atoms in total. The highest BCUT2D eigenvalue weighted by Gasteiger charge is 1.98. The predicted molar refractivity (Wildman–Crippen MR) is 46.7 cm³/mol. The molecule has 0 aliphatic carbocycles. The highest BCUT2D eigenvalue weighted by Crippen LogP contribution is 1.90. The maximum atomic E-state index is 10.6. The maximum Gasteiger partial charge on any atom is 0.240 e. The molecule has 0 aliphatic heterocycles. The zero-order valence-corrected chi connectivity index (χ0v) is 6.77. The number of nitrogens with zero attached hydrogens (tertiary/aromatic N) is 1. The van der Waals surface area contributed by atoms with Crippen LogP contribution in [0.2, 0.25) is 0 Å². The van der Waals surface area contributed by atoms with Crippen molar-refractivity contribution >= 4 is 24.2 Å². The van der Waals surface area contributed by atoms with Gasteiger partial charge in [-0.3, -0.25) is 4.79 Å². The Morgan fingerprint density at radius 1 is 1.73 bits per heavy atom. The molecule has 0 unspecified atom stereocenters. The Labute approximate surface area is 70.5 Å². The van der Waals surface area contributed by atoms with E-state index in [1.54, 1.807) is 0 Å². The van der Waals surface area contributed by atoms with E-state index < -0.39 is 0 Å². The van der Waals surface area contributed by atoms with Gasteiger partial charge in [0.15, 0.2) is 0 Å². The van der Waals surface area contributed by atoms with Crippen LogP contribution < -0.4 is 5.32 Å². The Kier molecular flexibility index (Phi) is 5.11. The van der Waals surface area contributed by atoms with Gasteiger partial charge in [0, 0.05) is 0 Å². The Balaban J connectivity index is 4.08. The molecule has 0 aromatic carbocycles. The summed E-state index contributed by atoms with van der Waals surface area (Å²) < 4.78 is 0. The van der Waals surface area contributed by atoms with Crippen molar-refractivity contribution in [3.63, 3.8) is 0 Å². The molecule has 0 aromatic rings. The van der Waals surface area contributed by atoms with Crippen LogP contribution in [0.4, 0.5) is 0 Å². The van der Waals surface area contributed by atoms with E-state index in [1.165, 1.54) is 12.2 Å². The van der Waals surface area contributed by atoms with Crippen LogP contribution in [-0.2, 0) is 4.79 Å². The molecule has 0 heterocycles. The third-order valence-corrected chi connectivity index (χ3v) is 1.08. The van der Waals surface area contributed by atoms with Crippen molar-refractivity contribution in [3.05, 3.63) is 24.6 Å². The van der Waals surface area contributed by atoms with Gasteiger partial charge in [0.2, 0.25) is 5.91 Å². The molecule has 0 radical (unpaired) electrons. The highest BCUT2D eigenvalue weighted by molar-refractivity contribution is 6.27. The number of halogens is 1. The van der Waals surface area contributed by atoms with E-state index in [2.05, 4.69) is 23.6 Å². The van der Waals surface area contributed by atoms with Crippen molar-refractivity contribution < 1.29 is 4.79 Å². The Bertz CT molecular complexity index is 199. The number of rotatable bonds is 4. The number of carbonyl (C=O) groups is 1. The summed E-state index contributed by atoms with van der Waals surface area (Å²) in [4.78, 5) is 14.2. The van der Waals surface area contributed by atoms with Crippen LogP contribution in [0.3, 0.4) is 0 Å². The molecule has 0 spiro atoms. The predicted octanol–water partition coefficient (Wildman–Crippen LogP) is 1.07. The van der Waals surface area contributed by atoms with E-state index in [9.17, 15) is 4.79 Å². The topological polar surface area (TPSA) is 41.5 Å². The summed E-state index contributed by atoms with van der Waals surface area (Å²) in [5.74, 6) is -0.0536. The molecule has 0 rings (SSSR count). The van der Waals surface area contributed by atoms with Crippen molar-refractivity contribution in [1.82, 2.24) is 5.32 Å². The lowest BCUT2D eigenvalue weighted by atomic mass is 10.5. The number of carbonyl (C=O) groups excluding carboxylic acids is 1. The van der Waals surface area contributed by atoms with Gasteiger partial charge in [0.25, 0.3) is 0 Å². The van der Waals surface area contributed by atoms with Gasteiger partial charge >= 0.3 is 0 Å². The number of allylic oxidation sites excluding steroid dienone is 2. The highest BCUT2D eigenvalue weighted by atomic mass is 35.5. The second-order valence-corrected chi connectivity index (χ2v) is 1.89. The standard InChI is InChI=1S/C7H9ClN2O/c1-3-4-6(9-2)10-7(11)5-8/h3-4H,1-2,5H2,(H,10,11)/b6-4+. The number of alkyl halides is 1. The van der Waals surface area contributed by atoms with E-state index in [4.69, 9.17) is 11.6 Å². The minimum atomic E-state index is -0.313. The van der Waals surface area contributed by atoms with Gasteiger partial charge in [-0.1, -0.05) is 12.7 Å². The molecule has 0 bridgehead atoms. The zero-order valence-electron chi connectivity index (χ0n) is 6.01. The van der Waals surface area contributed by atoms with E-state index in [0.717, 1.165) is 0 Å². The van der Waals surface area contributed by atoms with Gasteiger partial charge in [-0.2, -0.15) is 0 Å². The molecule has 1 amide bonds. The Morgan fingerprint density at radius 3 is 2.73 bits per heavy atom. The summed E-state index contributed by atoms with van der Waals surface area (Å²) in [6.45, 7) is 6.68. The van der Waals surface area contributed by atoms with Crippen molar-refractivity contribution in [2.45, 2.75) is 0 Å². The molecule has 60 valence electrons. The molecule has 1 N–H and O–H groups in total. The summed E-state index contributed by atoms with van der Waals surface area (Å²) in [6, 6.07) is 0. The van der Waals surface area contributed by atoms with Gasteiger partial charge in [-0.15, -0.1) is 11.6 Å². The summed E-state index contributed by atoms with van der Waals surface area (Å²) in [7, 11) is 0. The van der Waals surface area contributed by atoms with E-state index in [-0.39, 0.29) is 11.8 Å². The average Bonchev–Trinajstić information content (AvgIpc) is 2.03. The summed E-state index contributed by atoms with van der Waals surface area (Å²) in [5, 5.41) is 2.41. The lowest BCUT2D eigenvalue weighted by Gasteiger charge is -1.99. The van der Waals surface area contributed by atoms with Gasteiger partial charge in [-0.05, 0) is 12.8 Å². The SMILES string of the molecule is C=C/C=C(\N=C)NC(=O)CCl. The van der Waals surface area contributed by atoms with E-state index >= 15 is 0 Å². The van der Waals surface area contributed by atoms with Crippen LogP contribution in [0.5, 0.6) is 0 Å². The van der Waals surface area contributed by atoms with E-state index in [1.807, 2.05) is 0 Å². The van der Waals surface area contributed by atoms with Crippen molar-refractivity contribution in [2.75, 3.05) is 5.88 Å². The molecule has 0 atom stereocenters. The number of nitrogens with one attached hydrogen (secondary N) is 1. The molecule has 11 heavy (non-hydrogen) atoms. The van der Waals surface area contributed by atoms with Gasteiger partial charge in [-0.25, -0.2) is 4.99 Å². The van der Waals surface area contributed by atoms with Crippen LogP contribution in [0, 0.1) is 0 Å². The van der Waals surface area contributed by atoms with Crippen LogP contribution in [0.25, 0.3) is 0 Å². The maximum absolute atomic E-state index is 10.6. The smallest absolute Gasteiger partial charge is 0.240 e. The average molecular weight is 173 g/mol. The van der Waals surface area contributed by atoms with Crippen LogP contribution in [-0.4, -0.2) is 18.5 Å². The second kappa shape index (κ2) is 5.68. The second-order valence-electron chi connectivity index (χ2n) is 1.63. The minimum absolute atomic E-state index is 0.0933. The first-order chi connectivity index (χ1) is 5.24. The Hall–Kier alpha value is -1.09. The van der Waals surface area contributed by atoms with Gasteiger partial charge in [0.05, 0.1) is 0 Å². The summed E-state index contributed by atoms with van der Waals surface area (Å²) in [6.07, 6.45) is 3.02. The quantitative estimate of drug-likeness (QED) is 0.385.